The molecule has 0 saturated heterocycles. The largest absolute Gasteiger partial charge is 0.310 e. The molecular weight excluding hydrogens is 1260 g/mol. The molecule has 0 spiro atoms. The number of fused-ring (bicyclic) bond motifs is 11. The van der Waals surface area contributed by atoms with Crippen molar-refractivity contribution in [2.75, 3.05) is 14.7 Å². The van der Waals surface area contributed by atoms with E-state index in [4.69, 9.17) is 0 Å². The Morgan fingerprint density at radius 2 is 0.356 bits per heavy atom. The summed E-state index contributed by atoms with van der Waals surface area (Å²) in [5.41, 5.74) is 23.0. The van der Waals surface area contributed by atoms with Crippen LogP contribution in [0.3, 0.4) is 0 Å². The highest BCUT2D eigenvalue weighted by Gasteiger charge is 2.22. The zero-order chi connectivity index (χ0) is 68.9. The molecule has 3 heterocycles. The topological polar surface area (TPSA) is 24.5 Å². The van der Waals surface area contributed by atoms with Crippen molar-refractivity contribution in [3.63, 3.8) is 0 Å². The van der Waals surface area contributed by atoms with Crippen LogP contribution in [-0.2, 0) is 0 Å². The summed E-state index contributed by atoms with van der Waals surface area (Å²) in [6, 6.07) is 148. The molecule has 490 valence electrons. The first kappa shape index (κ1) is 61.2. The average Bonchev–Trinajstić information content (AvgIpc) is 1.26. The minimum atomic E-state index is 1.08. The van der Waals surface area contributed by atoms with Crippen molar-refractivity contribution in [1.29, 1.82) is 0 Å². The molecule has 0 fully saturated rings. The quantitative estimate of drug-likeness (QED) is 0.115. The summed E-state index contributed by atoms with van der Waals surface area (Å²) in [6.45, 7) is 0. The Morgan fingerprint density at radius 1 is 0.144 bits per heavy atom. The SMILES string of the molecule is c1ccc(N(c2ccc(-c3ccc(N(c4ccccc4)c4cccc5ccccc45)cc3)cc2)c2cccc3ccccc23)cc1.c1ccc2c(c1)c1ccccc1n2-c1ccc(N(c2ccc(-n3c4ccccc4c4ccccc43)cc2)c2ccc(-n3c4ccccc4c4ccccc43)cc2)cc1. The number of hydrogen-bond acceptors (Lipinski definition) is 3. The van der Waals surface area contributed by atoms with E-state index < -0.39 is 0 Å². The van der Waals surface area contributed by atoms with Crippen molar-refractivity contribution in [1.82, 2.24) is 13.7 Å². The molecule has 0 amide bonds. The maximum atomic E-state index is 2.37. The second-order valence-corrected chi connectivity index (χ2v) is 26.4. The van der Waals surface area contributed by atoms with E-state index in [1.165, 1.54) is 98.1 Å². The molecule has 0 aliphatic heterocycles. The Kier molecular flexibility index (Phi) is 15.5. The maximum Gasteiger partial charge on any atom is 0.0541 e. The van der Waals surface area contributed by atoms with Crippen LogP contribution < -0.4 is 14.7 Å². The van der Waals surface area contributed by atoms with Crippen molar-refractivity contribution in [2.45, 2.75) is 0 Å². The number of para-hydroxylation sites is 8. The molecule has 6 heteroatoms. The minimum absolute atomic E-state index is 1.08. The van der Waals surface area contributed by atoms with Gasteiger partial charge in [-0.3, -0.25) is 0 Å². The lowest BCUT2D eigenvalue weighted by atomic mass is 10.0. The monoisotopic (exact) mass is 1330 g/mol. The molecule has 3 aromatic heterocycles. The highest BCUT2D eigenvalue weighted by atomic mass is 15.2. The second kappa shape index (κ2) is 26.3. The van der Waals surface area contributed by atoms with E-state index in [2.05, 4.69) is 441 Å². The van der Waals surface area contributed by atoms with Crippen molar-refractivity contribution >= 4 is 138 Å². The van der Waals surface area contributed by atoms with Crippen LogP contribution in [0.5, 0.6) is 0 Å². The molecule has 0 aliphatic carbocycles. The molecule has 17 aromatic carbocycles. The van der Waals surface area contributed by atoms with Crippen LogP contribution in [0.25, 0.3) is 115 Å². The fourth-order valence-electron chi connectivity index (χ4n) is 15.7. The Morgan fingerprint density at radius 3 is 0.644 bits per heavy atom. The van der Waals surface area contributed by atoms with Crippen LogP contribution in [0.2, 0.25) is 0 Å². The highest BCUT2D eigenvalue weighted by molar-refractivity contribution is 6.12. The fraction of sp³-hybridized carbons (Fsp3) is 0. The van der Waals surface area contributed by atoms with Crippen LogP contribution in [0.15, 0.2) is 413 Å². The molecule has 6 nitrogen and oxygen atoms in total. The molecule has 0 saturated carbocycles. The van der Waals surface area contributed by atoms with Gasteiger partial charge in [0.25, 0.3) is 0 Å². The summed E-state index contributed by atoms with van der Waals surface area (Å²) in [5.74, 6) is 0. The molecule has 0 aliphatic rings. The molecule has 0 unspecified atom stereocenters. The average molecular weight is 1330 g/mol. The normalized spacial score (nSPS) is 11.5. The number of nitrogens with zero attached hydrogens (tertiary/aromatic N) is 6. The smallest absolute Gasteiger partial charge is 0.0541 e. The van der Waals surface area contributed by atoms with Crippen molar-refractivity contribution in [3.05, 3.63) is 413 Å². The van der Waals surface area contributed by atoms with Crippen LogP contribution in [0, 0.1) is 0 Å². The molecule has 0 bridgehead atoms. The van der Waals surface area contributed by atoms with Gasteiger partial charge >= 0.3 is 0 Å². The second-order valence-electron chi connectivity index (χ2n) is 26.4. The third-order valence-electron chi connectivity index (χ3n) is 20.5. The molecular formula is C98H68N6. The Balaban J connectivity index is 0.000000147. The van der Waals surface area contributed by atoms with Gasteiger partial charge in [-0.05, 0) is 192 Å². The van der Waals surface area contributed by atoms with Gasteiger partial charge in [0, 0.05) is 100.0 Å². The van der Waals surface area contributed by atoms with E-state index in [9.17, 15) is 0 Å². The van der Waals surface area contributed by atoms with Crippen LogP contribution >= 0.6 is 0 Å². The predicted molar refractivity (Wildman–Crippen MR) is 440 cm³/mol. The summed E-state index contributed by atoms with van der Waals surface area (Å²) >= 11 is 0. The number of aromatic nitrogens is 3. The lowest BCUT2D eigenvalue weighted by Crippen LogP contribution is -2.10. The fourth-order valence-corrected chi connectivity index (χ4v) is 15.7. The molecule has 20 rings (SSSR count). The molecule has 0 radical (unpaired) electrons. The standard InChI is InChI=1S/C54H36N4.C44H32N2/c1-7-19-49-43(13-1)44-14-2-8-20-50(44)56(49)40-31-25-37(26-32-40)55(38-27-33-41(34-28-38)57-51-21-9-3-15-45(51)46-16-4-10-22-52(46)57)39-29-35-42(36-30-39)58-53-23-11-5-17-47(53)48-18-6-12-24-54(48)58;1-3-17-37(18-4-1)45(43-23-11-15-35-13-7-9-21-41(35)43)39-29-25-33(26-30-39)34-27-31-40(32-28-34)46(38-19-5-2-6-20-38)44-24-12-16-36-14-8-10-22-42(36)44/h1-36H;1-32H. The van der Waals surface area contributed by atoms with E-state index in [1.807, 2.05) is 0 Å². The van der Waals surface area contributed by atoms with Crippen LogP contribution in [-0.4, -0.2) is 13.7 Å². The third-order valence-corrected chi connectivity index (χ3v) is 20.5. The van der Waals surface area contributed by atoms with Gasteiger partial charge in [0.1, 0.15) is 0 Å². The molecule has 0 atom stereocenters. The highest BCUT2D eigenvalue weighted by Crippen LogP contribution is 2.45. The molecule has 104 heavy (non-hydrogen) atoms. The molecule has 0 N–H and O–H groups in total. The predicted octanol–water partition coefficient (Wildman–Crippen LogP) is 27.0. The number of rotatable bonds is 13. The zero-order valence-corrected chi connectivity index (χ0v) is 56.9. The van der Waals surface area contributed by atoms with Gasteiger partial charge in [0.05, 0.1) is 44.5 Å². The number of hydrogen-bond donors (Lipinski definition) is 0. The lowest BCUT2D eigenvalue weighted by Gasteiger charge is -2.27. The first-order valence-electron chi connectivity index (χ1n) is 35.6. The van der Waals surface area contributed by atoms with E-state index in [-0.39, 0.29) is 0 Å². The summed E-state index contributed by atoms with van der Waals surface area (Å²) < 4.78 is 7.12. The van der Waals surface area contributed by atoms with Gasteiger partial charge < -0.3 is 28.4 Å². The first-order chi connectivity index (χ1) is 51.6. The minimum Gasteiger partial charge on any atom is -0.310 e. The van der Waals surface area contributed by atoms with Gasteiger partial charge in [-0.25, -0.2) is 0 Å². The van der Waals surface area contributed by atoms with Crippen LogP contribution in [0.4, 0.5) is 51.2 Å². The molecule has 20 aromatic rings. The van der Waals surface area contributed by atoms with E-state index in [0.717, 1.165) is 68.2 Å². The first-order valence-corrected chi connectivity index (χ1v) is 35.6. The maximum absolute atomic E-state index is 2.37. The number of anilines is 9. The van der Waals surface area contributed by atoms with Crippen LogP contribution in [0.1, 0.15) is 0 Å². The van der Waals surface area contributed by atoms with E-state index in [1.54, 1.807) is 0 Å². The summed E-state index contributed by atoms with van der Waals surface area (Å²) in [7, 11) is 0. The van der Waals surface area contributed by atoms with Gasteiger partial charge in [-0.1, -0.05) is 243 Å². The van der Waals surface area contributed by atoms with E-state index >= 15 is 0 Å². The Bertz CT molecular complexity index is 5810. The van der Waals surface area contributed by atoms with Gasteiger partial charge in [0.15, 0.2) is 0 Å². The van der Waals surface area contributed by atoms with Gasteiger partial charge in [-0.15, -0.1) is 0 Å². The summed E-state index contributed by atoms with van der Waals surface area (Å²) in [4.78, 5) is 7.05. The third kappa shape index (κ3) is 10.8. The van der Waals surface area contributed by atoms with Crippen molar-refractivity contribution in [2.24, 2.45) is 0 Å². The van der Waals surface area contributed by atoms with Crippen molar-refractivity contribution < 1.29 is 0 Å². The van der Waals surface area contributed by atoms with Gasteiger partial charge in [-0.2, -0.15) is 0 Å². The summed E-state index contributed by atoms with van der Waals surface area (Å²) in [6.07, 6.45) is 0. The van der Waals surface area contributed by atoms with Crippen molar-refractivity contribution in [3.8, 4) is 28.2 Å². The van der Waals surface area contributed by atoms with E-state index in [0.29, 0.717) is 0 Å². The zero-order valence-electron chi connectivity index (χ0n) is 56.9. The van der Waals surface area contributed by atoms with Gasteiger partial charge in [0.2, 0.25) is 0 Å². The summed E-state index contributed by atoms with van der Waals surface area (Å²) in [5, 5.41) is 12.5. The Hall–Kier alpha value is -13.9. The number of benzene rings is 17. The Labute approximate surface area is 603 Å². The lowest BCUT2D eigenvalue weighted by molar-refractivity contribution is 1.16.